The molecule has 0 amide bonds. The predicted molar refractivity (Wildman–Crippen MR) is 89.9 cm³/mol. The largest absolute Gasteiger partial charge is 0.496 e. The van der Waals surface area contributed by atoms with E-state index in [4.69, 9.17) is 4.74 Å². The van der Waals surface area contributed by atoms with Gasteiger partial charge in [-0.15, -0.1) is 0 Å². The lowest BCUT2D eigenvalue weighted by Crippen LogP contribution is -2.36. The third-order valence-electron chi connectivity index (χ3n) is 3.90. The SMILES string of the molecule is COc1ccc(S(=O)(=O)N2CCCc3c(F)cc(F)cc32)cc1Br. The minimum Gasteiger partial charge on any atom is -0.496 e. The van der Waals surface area contributed by atoms with Gasteiger partial charge in [0, 0.05) is 18.2 Å². The summed E-state index contributed by atoms with van der Waals surface area (Å²) in [6, 6.07) is 6.18. The fourth-order valence-electron chi connectivity index (χ4n) is 2.76. The number of sulfonamides is 1. The first kappa shape index (κ1) is 17.2. The summed E-state index contributed by atoms with van der Waals surface area (Å²) in [6.45, 7) is 0.169. The Balaban J connectivity index is 2.11. The van der Waals surface area contributed by atoms with E-state index in [9.17, 15) is 17.2 Å². The Morgan fingerprint density at radius 2 is 1.96 bits per heavy atom. The second-order valence-electron chi connectivity index (χ2n) is 5.36. The molecule has 8 heteroatoms. The first-order valence-electron chi connectivity index (χ1n) is 7.19. The van der Waals surface area contributed by atoms with Gasteiger partial charge in [-0.3, -0.25) is 4.31 Å². The summed E-state index contributed by atoms with van der Waals surface area (Å²) in [5.74, 6) is -1.03. The number of fused-ring (bicyclic) bond motifs is 1. The molecule has 0 fully saturated rings. The summed E-state index contributed by atoms with van der Waals surface area (Å²) in [4.78, 5) is 0.0210. The van der Waals surface area contributed by atoms with E-state index < -0.39 is 21.7 Å². The van der Waals surface area contributed by atoms with Crippen LogP contribution in [-0.2, 0) is 16.4 Å². The minimum atomic E-state index is -3.94. The Kier molecular flexibility index (Phi) is 4.52. The number of hydrogen-bond acceptors (Lipinski definition) is 3. The van der Waals surface area contributed by atoms with Crippen LogP contribution in [0.25, 0.3) is 0 Å². The van der Waals surface area contributed by atoms with Crippen LogP contribution >= 0.6 is 15.9 Å². The van der Waals surface area contributed by atoms with E-state index in [0.717, 1.165) is 16.4 Å². The van der Waals surface area contributed by atoms with Crippen molar-refractivity contribution in [3.63, 3.8) is 0 Å². The van der Waals surface area contributed by atoms with Crippen LogP contribution in [0.15, 0.2) is 39.7 Å². The van der Waals surface area contributed by atoms with Crippen molar-refractivity contribution in [3.05, 3.63) is 52.0 Å². The molecule has 0 spiro atoms. The molecular weight excluding hydrogens is 404 g/mol. The highest BCUT2D eigenvalue weighted by Crippen LogP contribution is 2.36. The van der Waals surface area contributed by atoms with Gasteiger partial charge in [0.1, 0.15) is 17.4 Å². The van der Waals surface area contributed by atoms with Crippen molar-refractivity contribution in [1.29, 1.82) is 0 Å². The first-order chi connectivity index (χ1) is 11.3. The molecule has 0 saturated heterocycles. The molecule has 0 atom stereocenters. The third kappa shape index (κ3) is 2.88. The molecule has 0 saturated carbocycles. The van der Waals surface area contributed by atoms with Crippen LogP contribution in [0.4, 0.5) is 14.5 Å². The van der Waals surface area contributed by atoms with Crippen LogP contribution in [0.3, 0.4) is 0 Å². The van der Waals surface area contributed by atoms with Crippen LogP contribution in [0.2, 0.25) is 0 Å². The average molecular weight is 418 g/mol. The molecule has 3 rings (SSSR count). The van der Waals surface area contributed by atoms with E-state index >= 15 is 0 Å². The van der Waals surface area contributed by atoms with Gasteiger partial charge in [-0.05, 0) is 53.0 Å². The molecule has 2 aromatic rings. The number of halogens is 3. The molecule has 0 aliphatic carbocycles. The highest BCUT2D eigenvalue weighted by atomic mass is 79.9. The number of nitrogens with zero attached hydrogens (tertiary/aromatic N) is 1. The molecule has 0 radical (unpaired) electrons. The number of hydrogen-bond donors (Lipinski definition) is 0. The Morgan fingerprint density at radius 3 is 2.62 bits per heavy atom. The number of benzene rings is 2. The standard InChI is InChI=1S/C16H14BrF2NO3S/c1-23-16-5-4-11(9-13(16)17)24(21,22)20-6-2-3-12-14(19)7-10(18)8-15(12)20/h4-5,7-9H,2-3,6H2,1H3. The molecule has 4 nitrogen and oxygen atoms in total. The molecular formula is C16H14BrF2NO3S. The Bertz CT molecular complexity index is 902. The lowest BCUT2D eigenvalue weighted by molar-refractivity contribution is 0.411. The van der Waals surface area contributed by atoms with Gasteiger partial charge < -0.3 is 4.74 Å². The van der Waals surface area contributed by atoms with Gasteiger partial charge in [0.05, 0.1) is 22.2 Å². The molecule has 24 heavy (non-hydrogen) atoms. The van der Waals surface area contributed by atoms with E-state index in [-0.39, 0.29) is 22.7 Å². The van der Waals surface area contributed by atoms with Crippen LogP contribution in [0.1, 0.15) is 12.0 Å². The topological polar surface area (TPSA) is 46.6 Å². The van der Waals surface area contributed by atoms with E-state index in [0.29, 0.717) is 23.1 Å². The predicted octanol–water partition coefficient (Wildman–Crippen LogP) is 3.88. The fraction of sp³-hybridized carbons (Fsp3) is 0.250. The number of ether oxygens (including phenoxy) is 1. The van der Waals surface area contributed by atoms with Gasteiger partial charge in [-0.2, -0.15) is 0 Å². The van der Waals surface area contributed by atoms with Crippen LogP contribution in [-0.4, -0.2) is 22.1 Å². The van der Waals surface area contributed by atoms with E-state index in [1.807, 2.05) is 0 Å². The van der Waals surface area contributed by atoms with Crippen molar-refractivity contribution in [2.24, 2.45) is 0 Å². The maximum atomic E-state index is 14.0. The molecule has 0 bridgehead atoms. The van der Waals surface area contributed by atoms with Crippen LogP contribution in [0, 0.1) is 11.6 Å². The van der Waals surface area contributed by atoms with Crippen molar-refractivity contribution >= 4 is 31.6 Å². The summed E-state index contributed by atoms with van der Waals surface area (Å²) in [6.07, 6.45) is 0.839. The molecule has 128 valence electrons. The van der Waals surface area contributed by atoms with Crippen molar-refractivity contribution in [2.45, 2.75) is 17.7 Å². The number of anilines is 1. The van der Waals surface area contributed by atoms with Crippen LogP contribution < -0.4 is 9.04 Å². The van der Waals surface area contributed by atoms with E-state index in [2.05, 4.69) is 15.9 Å². The second-order valence-corrected chi connectivity index (χ2v) is 8.08. The quantitative estimate of drug-likeness (QED) is 0.761. The van der Waals surface area contributed by atoms with Crippen LogP contribution in [0.5, 0.6) is 5.75 Å². The summed E-state index contributed by atoms with van der Waals surface area (Å²) in [5, 5.41) is 0. The maximum Gasteiger partial charge on any atom is 0.264 e. The Hall–Kier alpha value is -1.67. The van der Waals surface area contributed by atoms with Gasteiger partial charge in [-0.1, -0.05) is 0 Å². The van der Waals surface area contributed by atoms with E-state index in [1.165, 1.54) is 25.3 Å². The van der Waals surface area contributed by atoms with Gasteiger partial charge in [0.25, 0.3) is 10.0 Å². The number of rotatable bonds is 3. The lowest BCUT2D eigenvalue weighted by atomic mass is 10.0. The fourth-order valence-corrected chi connectivity index (χ4v) is 5.01. The summed E-state index contributed by atoms with van der Waals surface area (Å²) in [5.41, 5.74) is 0.282. The lowest BCUT2D eigenvalue weighted by Gasteiger charge is -2.30. The van der Waals surface area contributed by atoms with E-state index in [1.54, 1.807) is 0 Å². The molecule has 1 aliphatic heterocycles. The van der Waals surface area contributed by atoms with Crippen molar-refractivity contribution < 1.29 is 21.9 Å². The molecule has 2 aromatic carbocycles. The maximum absolute atomic E-state index is 14.0. The van der Waals surface area contributed by atoms with Gasteiger partial charge in [-0.25, -0.2) is 17.2 Å². The minimum absolute atomic E-state index is 0.0210. The molecule has 1 aliphatic rings. The van der Waals surface area contributed by atoms with Crippen molar-refractivity contribution in [1.82, 2.24) is 0 Å². The monoisotopic (exact) mass is 417 g/mol. The molecule has 0 unspecified atom stereocenters. The second kappa shape index (κ2) is 6.33. The molecule has 0 aromatic heterocycles. The highest BCUT2D eigenvalue weighted by Gasteiger charge is 2.31. The zero-order valence-electron chi connectivity index (χ0n) is 12.7. The normalized spacial score (nSPS) is 14.4. The zero-order chi connectivity index (χ0) is 17.5. The van der Waals surface area contributed by atoms with Crippen molar-refractivity contribution in [3.8, 4) is 5.75 Å². The number of methoxy groups -OCH3 is 1. The first-order valence-corrected chi connectivity index (χ1v) is 9.42. The average Bonchev–Trinajstić information content (AvgIpc) is 2.54. The Labute approximate surface area is 147 Å². The van der Waals surface area contributed by atoms with Gasteiger partial charge in [0.15, 0.2) is 0 Å². The van der Waals surface area contributed by atoms with Gasteiger partial charge >= 0.3 is 0 Å². The Morgan fingerprint density at radius 1 is 1.21 bits per heavy atom. The van der Waals surface area contributed by atoms with Crippen molar-refractivity contribution in [2.75, 3.05) is 18.0 Å². The molecule has 0 N–H and O–H groups in total. The summed E-state index contributed by atoms with van der Waals surface area (Å²) in [7, 11) is -2.47. The zero-order valence-corrected chi connectivity index (χ0v) is 15.1. The highest BCUT2D eigenvalue weighted by molar-refractivity contribution is 9.10. The summed E-state index contributed by atoms with van der Waals surface area (Å²) >= 11 is 3.25. The van der Waals surface area contributed by atoms with Gasteiger partial charge in [0.2, 0.25) is 0 Å². The smallest absolute Gasteiger partial charge is 0.264 e. The molecule has 1 heterocycles. The third-order valence-corrected chi connectivity index (χ3v) is 6.33. The summed E-state index contributed by atoms with van der Waals surface area (Å²) < 4.78 is 60.1.